The molecule has 5 aromatic carbocycles. The van der Waals surface area contributed by atoms with Gasteiger partial charge in [-0.2, -0.15) is 10.5 Å². The zero-order valence-electron chi connectivity index (χ0n) is 20.9. The average molecular weight is 509 g/mol. The predicted molar refractivity (Wildman–Crippen MR) is 157 cm³/mol. The highest BCUT2D eigenvalue weighted by molar-refractivity contribution is 6.19. The highest BCUT2D eigenvalue weighted by Gasteiger charge is 2.22. The third-order valence-electron chi connectivity index (χ3n) is 7.42. The van der Waals surface area contributed by atoms with Crippen LogP contribution in [0.3, 0.4) is 0 Å². The van der Waals surface area contributed by atoms with Crippen LogP contribution in [0.1, 0.15) is 11.1 Å². The highest BCUT2D eigenvalue weighted by Crippen LogP contribution is 2.43. The molecule has 0 spiro atoms. The van der Waals surface area contributed by atoms with E-state index in [2.05, 4.69) is 34.0 Å². The van der Waals surface area contributed by atoms with E-state index < -0.39 is 0 Å². The van der Waals surface area contributed by atoms with Gasteiger partial charge in [0, 0.05) is 21.5 Å². The van der Waals surface area contributed by atoms with Crippen LogP contribution in [0.15, 0.2) is 97.1 Å². The minimum Gasteiger partial charge on any atom is -0.318 e. The Bertz CT molecular complexity index is 2140. The maximum absolute atomic E-state index is 10.0. The van der Waals surface area contributed by atoms with Crippen LogP contribution in [0.4, 0.5) is 11.4 Å². The van der Waals surface area contributed by atoms with E-state index in [1.807, 2.05) is 57.7 Å². The first-order valence-electron chi connectivity index (χ1n) is 12.5. The topological polar surface area (TPSA) is 66.2 Å². The smallest absolute Gasteiger partial charge is 0.211 e. The summed E-state index contributed by atoms with van der Waals surface area (Å²) < 4.78 is 4.02. The summed E-state index contributed by atoms with van der Waals surface area (Å²) in [6.07, 6.45) is 0. The van der Waals surface area contributed by atoms with Crippen molar-refractivity contribution in [2.24, 2.45) is 0 Å². The first-order valence-corrected chi connectivity index (χ1v) is 12.5. The normalized spacial score (nSPS) is 10.9. The van der Waals surface area contributed by atoms with Crippen LogP contribution in [-0.4, -0.2) is 9.13 Å². The van der Waals surface area contributed by atoms with Crippen molar-refractivity contribution < 1.29 is 0 Å². The zero-order chi connectivity index (χ0) is 27.4. The van der Waals surface area contributed by atoms with Gasteiger partial charge < -0.3 is 9.13 Å². The molecule has 0 bridgehead atoms. The van der Waals surface area contributed by atoms with Gasteiger partial charge in [-0.05, 0) is 36.4 Å². The van der Waals surface area contributed by atoms with E-state index in [1.165, 1.54) is 0 Å². The summed E-state index contributed by atoms with van der Waals surface area (Å²) in [5, 5.41) is 23.8. The number of nitrogens with zero attached hydrogens (tertiary/aromatic N) is 6. The lowest BCUT2D eigenvalue weighted by Gasteiger charge is -2.13. The maximum atomic E-state index is 10.0. The van der Waals surface area contributed by atoms with E-state index in [4.69, 9.17) is 13.1 Å². The minimum atomic E-state index is 0.397. The second-order valence-electron chi connectivity index (χ2n) is 9.39. The molecule has 0 aliphatic rings. The molecule has 0 saturated carbocycles. The molecule has 0 N–H and O–H groups in total. The van der Waals surface area contributed by atoms with E-state index in [-0.39, 0.29) is 0 Å². The summed E-state index contributed by atoms with van der Waals surface area (Å²) in [5.41, 5.74) is 6.24. The number of para-hydroxylation sites is 4. The predicted octanol–water partition coefficient (Wildman–Crippen LogP) is 8.73. The molecule has 0 fully saturated rings. The minimum absolute atomic E-state index is 0.397. The molecular formula is C34H16N6. The number of aromatic nitrogens is 2. The van der Waals surface area contributed by atoms with E-state index in [0.717, 1.165) is 43.6 Å². The van der Waals surface area contributed by atoms with Crippen molar-refractivity contribution in [3.05, 3.63) is 131 Å². The van der Waals surface area contributed by atoms with Gasteiger partial charge >= 0.3 is 0 Å². The standard InChI is InChI=1S/C34H16N6/c1-37-27-13-7-9-21(19-35)33(27)39-29-15-5-3-11-23(29)25-18-32-26(17-31(25)39)24-12-4-6-16-30(24)40(32)34-22(20-36)10-8-14-28(34)38-2/h3-18H. The van der Waals surface area contributed by atoms with Crippen molar-refractivity contribution in [2.45, 2.75) is 0 Å². The molecule has 6 heteroatoms. The summed E-state index contributed by atoms with van der Waals surface area (Å²) in [6.45, 7) is 15.7. The molecule has 7 rings (SSSR count). The number of rotatable bonds is 2. The Hall–Kier alpha value is -6.34. The molecule has 0 aliphatic heterocycles. The fraction of sp³-hybridized carbons (Fsp3) is 0. The third-order valence-corrected chi connectivity index (χ3v) is 7.42. The van der Waals surface area contributed by atoms with Crippen molar-refractivity contribution >= 4 is 55.0 Å². The number of benzene rings is 5. The SMILES string of the molecule is [C-]#[N+]c1cccc(C#N)c1-n1c2ccccc2c2cc3c(cc21)c1ccccc1n3-c1c(C#N)cccc1[N+]#[C-]. The van der Waals surface area contributed by atoms with Gasteiger partial charge in [-0.1, -0.05) is 60.7 Å². The van der Waals surface area contributed by atoms with Crippen LogP contribution < -0.4 is 0 Å². The lowest BCUT2D eigenvalue weighted by molar-refractivity contribution is 1.17. The van der Waals surface area contributed by atoms with Crippen LogP contribution >= 0.6 is 0 Å². The highest BCUT2D eigenvalue weighted by atomic mass is 15.0. The molecule has 0 atom stereocenters. The van der Waals surface area contributed by atoms with Gasteiger partial charge in [0.15, 0.2) is 0 Å². The van der Waals surface area contributed by atoms with Gasteiger partial charge in [0.25, 0.3) is 0 Å². The van der Waals surface area contributed by atoms with Gasteiger partial charge in [0.2, 0.25) is 11.4 Å². The van der Waals surface area contributed by atoms with Crippen LogP contribution in [-0.2, 0) is 0 Å². The van der Waals surface area contributed by atoms with E-state index in [9.17, 15) is 10.5 Å². The van der Waals surface area contributed by atoms with Gasteiger partial charge in [0.05, 0.1) is 69.9 Å². The molecule has 0 amide bonds. The Balaban J connectivity index is 1.73. The number of hydrogen-bond acceptors (Lipinski definition) is 2. The van der Waals surface area contributed by atoms with Crippen LogP contribution in [0.25, 0.3) is 64.7 Å². The Labute approximate surface area is 229 Å². The largest absolute Gasteiger partial charge is 0.318 e. The van der Waals surface area contributed by atoms with Gasteiger partial charge in [-0.3, -0.25) is 0 Å². The zero-order valence-corrected chi connectivity index (χ0v) is 20.9. The van der Waals surface area contributed by atoms with Crippen molar-refractivity contribution in [2.75, 3.05) is 0 Å². The Kier molecular flexibility index (Phi) is 4.91. The van der Waals surface area contributed by atoms with Gasteiger partial charge in [-0.15, -0.1) is 0 Å². The molecule has 6 nitrogen and oxygen atoms in total. The van der Waals surface area contributed by atoms with E-state index in [0.29, 0.717) is 33.9 Å². The van der Waals surface area contributed by atoms with Crippen LogP contribution in [0.5, 0.6) is 0 Å². The summed E-state index contributed by atoms with van der Waals surface area (Å²) >= 11 is 0. The molecule has 40 heavy (non-hydrogen) atoms. The fourth-order valence-corrected chi connectivity index (χ4v) is 5.81. The monoisotopic (exact) mass is 508 g/mol. The second-order valence-corrected chi connectivity index (χ2v) is 9.39. The molecule has 0 saturated heterocycles. The summed E-state index contributed by atoms with van der Waals surface area (Å²) in [6, 6.07) is 35.1. The first kappa shape index (κ1) is 22.8. The second kappa shape index (κ2) is 8.61. The first-order chi connectivity index (χ1) is 19.7. The fourth-order valence-electron chi connectivity index (χ4n) is 5.81. The van der Waals surface area contributed by atoms with E-state index >= 15 is 0 Å². The molecule has 182 valence electrons. The Morgan fingerprint density at radius 2 is 0.925 bits per heavy atom. The quantitative estimate of drug-likeness (QED) is 0.219. The average Bonchev–Trinajstić information content (AvgIpc) is 3.50. The molecule has 2 heterocycles. The van der Waals surface area contributed by atoms with Crippen molar-refractivity contribution in [1.82, 2.24) is 9.13 Å². The molecule has 0 unspecified atom stereocenters. The molecular weight excluding hydrogens is 492 g/mol. The summed E-state index contributed by atoms with van der Waals surface area (Å²) in [5.74, 6) is 0. The van der Waals surface area contributed by atoms with Crippen molar-refractivity contribution in [3.8, 4) is 23.5 Å². The maximum Gasteiger partial charge on any atom is 0.211 e. The summed E-state index contributed by atoms with van der Waals surface area (Å²) in [7, 11) is 0. The molecule has 0 aliphatic carbocycles. The summed E-state index contributed by atoms with van der Waals surface area (Å²) in [4.78, 5) is 7.52. The number of hydrogen-bond donors (Lipinski definition) is 0. The lowest BCUT2D eigenvalue weighted by atomic mass is 10.1. The van der Waals surface area contributed by atoms with Gasteiger partial charge in [0.1, 0.15) is 0 Å². The number of nitriles is 2. The van der Waals surface area contributed by atoms with Gasteiger partial charge in [-0.25, -0.2) is 9.69 Å². The molecule has 2 aromatic heterocycles. The van der Waals surface area contributed by atoms with E-state index in [1.54, 1.807) is 36.4 Å². The van der Waals surface area contributed by atoms with Crippen LogP contribution in [0, 0.1) is 35.8 Å². The lowest BCUT2D eigenvalue weighted by Crippen LogP contribution is -1.99. The number of fused-ring (bicyclic) bond motifs is 6. The van der Waals surface area contributed by atoms with Crippen molar-refractivity contribution in [1.29, 1.82) is 10.5 Å². The van der Waals surface area contributed by atoms with Crippen LogP contribution in [0.2, 0.25) is 0 Å². The third kappa shape index (κ3) is 3.00. The Morgan fingerprint density at radius 3 is 1.32 bits per heavy atom. The molecule has 0 radical (unpaired) electrons. The molecule has 7 aromatic rings. The Morgan fingerprint density at radius 1 is 0.500 bits per heavy atom. The van der Waals surface area contributed by atoms with Crippen molar-refractivity contribution in [3.63, 3.8) is 0 Å².